The van der Waals surface area contributed by atoms with Crippen molar-refractivity contribution in [3.05, 3.63) is 52.6 Å². The number of hydrogen-bond donors (Lipinski definition) is 2. The molecule has 1 aromatic rings. The summed E-state index contributed by atoms with van der Waals surface area (Å²) in [6.07, 6.45) is -8.84. The van der Waals surface area contributed by atoms with Crippen LogP contribution in [0.3, 0.4) is 0 Å². The highest BCUT2D eigenvalue weighted by molar-refractivity contribution is 7.96. The van der Waals surface area contributed by atoms with E-state index in [1.54, 1.807) is 11.0 Å². The van der Waals surface area contributed by atoms with Crippen LogP contribution in [0.4, 0.5) is 32.0 Å². The Labute approximate surface area is 191 Å². The van der Waals surface area contributed by atoms with Crippen molar-refractivity contribution in [1.82, 2.24) is 4.31 Å². The van der Waals surface area contributed by atoms with E-state index in [1.165, 1.54) is 10.4 Å². The van der Waals surface area contributed by atoms with E-state index in [1.807, 2.05) is 0 Å². The second-order valence-electron chi connectivity index (χ2n) is 7.48. The van der Waals surface area contributed by atoms with Crippen LogP contribution in [0.15, 0.2) is 47.0 Å². The van der Waals surface area contributed by atoms with Gasteiger partial charge in [0, 0.05) is 54.4 Å². The number of piperazine rings is 1. The van der Waals surface area contributed by atoms with Crippen molar-refractivity contribution in [2.75, 3.05) is 31.1 Å². The van der Waals surface area contributed by atoms with Crippen molar-refractivity contribution in [3.8, 4) is 0 Å². The van der Waals surface area contributed by atoms with Gasteiger partial charge in [-0.15, -0.1) is 0 Å². The molecule has 1 heterocycles. The standard InChI is InChI=1S/C19H19F6N3O3S2/c20-18(21,22)17(29,19(23,24)25)12-1-4-14(5-2-12)27-7-9-28(10-8-27)33(30,31)16-11-13(26)3-6-15(16)32/h1-5,11,29H,6-10,26H2. The number of anilines is 1. The van der Waals surface area contributed by atoms with Crippen LogP contribution >= 0.6 is 12.2 Å². The molecule has 0 saturated carbocycles. The van der Waals surface area contributed by atoms with Gasteiger partial charge in [0.1, 0.15) is 0 Å². The van der Waals surface area contributed by atoms with E-state index in [0.717, 1.165) is 12.1 Å². The molecule has 3 rings (SSSR count). The summed E-state index contributed by atoms with van der Waals surface area (Å²) in [7, 11) is -3.91. The first-order valence-corrected chi connectivity index (χ1v) is 11.4. The lowest BCUT2D eigenvalue weighted by Crippen LogP contribution is -2.54. The molecule has 6 nitrogen and oxygen atoms in total. The van der Waals surface area contributed by atoms with Crippen LogP contribution in [0, 0.1) is 0 Å². The van der Waals surface area contributed by atoms with Crippen LogP contribution in [0.2, 0.25) is 0 Å². The van der Waals surface area contributed by atoms with Gasteiger partial charge in [0.15, 0.2) is 0 Å². The van der Waals surface area contributed by atoms with Gasteiger partial charge in [0.25, 0.3) is 5.60 Å². The number of alkyl halides is 6. The molecule has 3 N–H and O–H groups in total. The van der Waals surface area contributed by atoms with Gasteiger partial charge in [0.2, 0.25) is 10.0 Å². The summed E-state index contributed by atoms with van der Waals surface area (Å²) in [5, 5.41) is 9.48. The normalized spacial score (nSPS) is 19.4. The molecule has 0 aromatic heterocycles. The number of allylic oxidation sites excluding steroid dienone is 3. The van der Waals surface area contributed by atoms with Gasteiger partial charge in [-0.2, -0.15) is 30.6 Å². The number of sulfonamides is 1. The molecule has 0 bridgehead atoms. The Morgan fingerprint density at radius 1 is 0.939 bits per heavy atom. The predicted molar refractivity (Wildman–Crippen MR) is 113 cm³/mol. The molecule has 1 fully saturated rings. The minimum absolute atomic E-state index is 0.0166. The number of rotatable bonds is 4. The van der Waals surface area contributed by atoms with Crippen LogP contribution in [-0.2, 0) is 15.6 Å². The number of nitrogens with two attached hydrogens (primary N) is 1. The fraction of sp³-hybridized carbons (Fsp3) is 0.421. The molecule has 0 radical (unpaired) electrons. The maximum Gasteiger partial charge on any atom is 0.430 e. The van der Waals surface area contributed by atoms with Crippen LogP contribution in [-0.4, -0.2) is 61.2 Å². The third-order valence-corrected chi connectivity index (χ3v) is 7.90. The minimum Gasteiger partial charge on any atom is -0.399 e. The lowest BCUT2D eigenvalue weighted by atomic mass is 9.92. The van der Waals surface area contributed by atoms with E-state index in [-0.39, 0.29) is 53.8 Å². The van der Waals surface area contributed by atoms with E-state index in [4.69, 9.17) is 18.0 Å². The fourth-order valence-electron chi connectivity index (χ4n) is 3.55. The van der Waals surface area contributed by atoms with Crippen molar-refractivity contribution in [2.24, 2.45) is 5.73 Å². The van der Waals surface area contributed by atoms with Crippen LogP contribution in [0.25, 0.3) is 0 Å². The van der Waals surface area contributed by atoms with Crippen LogP contribution in [0.1, 0.15) is 12.0 Å². The van der Waals surface area contributed by atoms with Gasteiger partial charge in [0.05, 0.1) is 4.91 Å². The van der Waals surface area contributed by atoms with Crippen LogP contribution < -0.4 is 10.6 Å². The van der Waals surface area contributed by atoms with E-state index >= 15 is 0 Å². The molecule has 0 unspecified atom stereocenters. The fourth-order valence-corrected chi connectivity index (χ4v) is 5.58. The molecule has 0 amide bonds. The SMILES string of the molecule is NC1=CCC(=S)C(S(=O)(=O)N2CCN(c3ccc(C(O)(C(F)(F)F)C(F)(F)F)cc3)CC2)=C1. The van der Waals surface area contributed by atoms with Crippen LogP contribution in [0.5, 0.6) is 0 Å². The first-order chi connectivity index (χ1) is 15.1. The summed E-state index contributed by atoms with van der Waals surface area (Å²) in [5.41, 5.74) is -0.132. The second kappa shape index (κ2) is 8.56. The number of thiocarbonyl (C=S) groups is 1. The summed E-state index contributed by atoms with van der Waals surface area (Å²) in [6, 6.07) is 3.15. The predicted octanol–water partition coefficient (Wildman–Crippen LogP) is 2.95. The maximum absolute atomic E-state index is 13.0. The van der Waals surface area contributed by atoms with E-state index in [9.17, 15) is 39.9 Å². The first-order valence-electron chi connectivity index (χ1n) is 9.51. The Morgan fingerprint density at radius 2 is 1.45 bits per heavy atom. The zero-order valence-electron chi connectivity index (χ0n) is 16.8. The molecular weight excluding hydrogens is 496 g/mol. The zero-order valence-corrected chi connectivity index (χ0v) is 18.5. The number of halogens is 6. The molecule has 1 aliphatic heterocycles. The Balaban J connectivity index is 1.76. The van der Waals surface area contributed by atoms with Gasteiger partial charge in [-0.1, -0.05) is 30.4 Å². The van der Waals surface area contributed by atoms with Gasteiger partial charge in [-0.05, 0) is 18.2 Å². The first kappa shape index (κ1) is 25.5. The lowest BCUT2D eigenvalue weighted by molar-refractivity contribution is -0.376. The molecule has 1 aliphatic carbocycles. The van der Waals surface area contributed by atoms with Gasteiger partial charge >= 0.3 is 12.4 Å². The molecule has 33 heavy (non-hydrogen) atoms. The highest BCUT2D eigenvalue weighted by Crippen LogP contribution is 2.50. The second-order valence-corrected chi connectivity index (χ2v) is 9.88. The number of aliphatic hydroxyl groups is 1. The molecule has 0 spiro atoms. The molecule has 182 valence electrons. The number of nitrogens with zero attached hydrogens (tertiary/aromatic N) is 2. The summed E-state index contributed by atoms with van der Waals surface area (Å²) < 4.78 is 105. The summed E-state index contributed by atoms with van der Waals surface area (Å²) >= 11 is 5.13. The Morgan fingerprint density at radius 3 is 1.94 bits per heavy atom. The van der Waals surface area contributed by atoms with Gasteiger partial charge in [-0.3, -0.25) is 0 Å². The Kier molecular flexibility index (Phi) is 6.61. The van der Waals surface area contributed by atoms with Crippen molar-refractivity contribution in [1.29, 1.82) is 0 Å². The summed E-state index contributed by atoms with van der Waals surface area (Å²) in [4.78, 5) is 1.77. The Bertz CT molecular complexity index is 1070. The quantitative estimate of drug-likeness (QED) is 0.474. The summed E-state index contributed by atoms with van der Waals surface area (Å²) in [5.74, 6) is 0. The van der Waals surface area contributed by atoms with Gasteiger partial charge < -0.3 is 15.7 Å². The minimum atomic E-state index is -5.97. The Hall–Kier alpha value is -2.16. The van der Waals surface area contributed by atoms with Crippen molar-refractivity contribution in [3.63, 3.8) is 0 Å². The number of benzene rings is 1. The summed E-state index contributed by atoms with van der Waals surface area (Å²) in [6.45, 7) is 0.297. The molecule has 1 saturated heterocycles. The maximum atomic E-state index is 13.0. The monoisotopic (exact) mass is 515 g/mol. The zero-order chi connectivity index (χ0) is 24.8. The molecule has 1 aromatic carbocycles. The highest BCUT2D eigenvalue weighted by Gasteiger charge is 2.71. The van der Waals surface area contributed by atoms with Gasteiger partial charge in [-0.25, -0.2) is 8.42 Å². The van der Waals surface area contributed by atoms with Crippen molar-refractivity contribution < 1.29 is 39.9 Å². The molecular formula is C19H19F6N3O3S2. The molecule has 0 atom stereocenters. The van der Waals surface area contributed by atoms with Crippen molar-refractivity contribution >= 4 is 32.8 Å². The number of hydrogen-bond acceptors (Lipinski definition) is 6. The largest absolute Gasteiger partial charge is 0.430 e. The average molecular weight is 516 g/mol. The van der Waals surface area contributed by atoms with E-state index < -0.39 is 33.5 Å². The van der Waals surface area contributed by atoms with E-state index in [0.29, 0.717) is 12.1 Å². The van der Waals surface area contributed by atoms with E-state index in [2.05, 4.69) is 0 Å². The topological polar surface area (TPSA) is 86.9 Å². The lowest BCUT2D eigenvalue weighted by Gasteiger charge is -2.36. The molecule has 14 heteroatoms. The van der Waals surface area contributed by atoms with Crippen molar-refractivity contribution in [2.45, 2.75) is 24.4 Å². The smallest absolute Gasteiger partial charge is 0.399 e. The third kappa shape index (κ3) is 4.61. The third-order valence-electron chi connectivity index (χ3n) is 5.42. The highest BCUT2D eigenvalue weighted by atomic mass is 32.2. The molecule has 2 aliphatic rings. The average Bonchev–Trinajstić information content (AvgIpc) is 2.73.